The van der Waals surface area contributed by atoms with E-state index < -0.39 is 11.8 Å². The second-order valence-electron chi connectivity index (χ2n) is 5.45. The highest BCUT2D eigenvalue weighted by Gasteiger charge is 2.09. The molecule has 0 unspecified atom stereocenters. The van der Waals surface area contributed by atoms with Crippen molar-refractivity contribution in [3.63, 3.8) is 0 Å². The summed E-state index contributed by atoms with van der Waals surface area (Å²) in [5, 5.41) is 9.42. The van der Waals surface area contributed by atoms with Crippen molar-refractivity contribution in [3.05, 3.63) is 66.5 Å². The lowest BCUT2D eigenvalue weighted by molar-refractivity contribution is 0.251. The third-order valence-corrected chi connectivity index (χ3v) is 3.55. The predicted molar refractivity (Wildman–Crippen MR) is 97.9 cm³/mol. The monoisotopic (exact) mass is 365 g/mol. The molecule has 27 heavy (non-hydrogen) atoms. The summed E-state index contributed by atoms with van der Waals surface area (Å²) in [7, 11) is 0. The van der Waals surface area contributed by atoms with Crippen LogP contribution in [0.15, 0.2) is 55.1 Å². The maximum absolute atomic E-state index is 13.4. The van der Waals surface area contributed by atoms with Gasteiger partial charge >= 0.3 is 6.03 Å². The van der Waals surface area contributed by atoms with Crippen LogP contribution in [0.5, 0.6) is 5.75 Å². The molecule has 0 aliphatic carbocycles. The molecule has 0 bridgehead atoms. The summed E-state index contributed by atoms with van der Waals surface area (Å²) in [4.78, 5) is 16.1. The van der Waals surface area contributed by atoms with Crippen molar-refractivity contribution in [2.24, 2.45) is 0 Å². The van der Waals surface area contributed by atoms with E-state index in [1.807, 2.05) is 24.3 Å². The Balaban J connectivity index is 1.62. The van der Waals surface area contributed by atoms with Crippen molar-refractivity contribution >= 4 is 11.7 Å². The number of terminal acetylenes is 1. The Hall–Kier alpha value is -3.86. The van der Waals surface area contributed by atoms with Crippen LogP contribution in [0, 0.1) is 18.2 Å². The van der Waals surface area contributed by atoms with Crippen molar-refractivity contribution in [2.45, 2.75) is 6.54 Å². The molecule has 7 nitrogen and oxygen atoms in total. The van der Waals surface area contributed by atoms with Gasteiger partial charge in [-0.2, -0.15) is 5.10 Å². The molecule has 2 amide bonds. The first kappa shape index (κ1) is 17.9. The Labute approximate surface area is 155 Å². The molecule has 0 atom stereocenters. The van der Waals surface area contributed by atoms with Crippen molar-refractivity contribution in [1.82, 2.24) is 20.1 Å². The van der Waals surface area contributed by atoms with E-state index in [2.05, 4.69) is 26.6 Å². The number of rotatable bonds is 6. The van der Waals surface area contributed by atoms with E-state index in [-0.39, 0.29) is 18.9 Å². The highest BCUT2D eigenvalue weighted by Crippen LogP contribution is 2.25. The summed E-state index contributed by atoms with van der Waals surface area (Å²) in [6.07, 6.45) is 8.18. The molecular formula is C19H16FN5O2. The Bertz CT molecular complexity index is 966. The van der Waals surface area contributed by atoms with Crippen LogP contribution in [0.3, 0.4) is 0 Å². The van der Waals surface area contributed by atoms with Gasteiger partial charge in [0.1, 0.15) is 30.8 Å². The fraction of sp³-hybridized carbons (Fsp3) is 0.105. The number of halogens is 1. The van der Waals surface area contributed by atoms with Gasteiger partial charge in [0, 0.05) is 12.6 Å². The highest BCUT2D eigenvalue weighted by atomic mass is 19.1. The Kier molecular flexibility index (Phi) is 5.64. The number of hydrogen-bond acceptors (Lipinski definition) is 4. The molecule has 3 aromatic rings. The summed E-state index contributed by atoms with van der Waals surface area (Å²) < 4.78 is 20.2. The summed E-state index contributed by atoms with van der Waals surface area (Å²) in [5.74, 6) is 1.97. The number of amides is 2. The quantitative estimate of drug-likeness (QED) is 0.658. The van der Waals surface area contributed by atoms with E-state index in [1.54, 1.807) is 11.0 Å². The van der Waals surface area contributed by atoms with Crippen LogP contribution in [0.25, 0.3) is 5.69 Å². The van der Waals surface area contributed by atoms with Gasteiger partial charge in [0.25, 0.3) is 0 Å². The maximum Gasteiger partial charge on any atom is 0.319 e. The zero-order valence-corrected chi connectivity index (χ0v) is 14.2. The first-order chi connectivity index (χ1) is 13.2. The largest absolute Gasteiger partial charge is 0.479 e. The van der Waals surface area contributed by atoms with E-state index in [4.69, 9.17) is 11.2 Å². The Morgan fingerprint density at radius 3 is 2.96 bits per heavy atom. The molecule has 2 aromatic carbocycles. The fourth-order valence-corrected chi connectivity index (χ4v) is 2.34. The second-order valence-corrected chi connectivity index (χ2v) is 5.45. The average molecular weight is 365 g/mol. The van der Waals surface area contributed by atoms with Gasteiger partial charge in [0.2, 0.25) is 0 Å². The van der Waals surface area contributed by atoms with Crippen molar-refractivity contribution in [2.75, 3.05) is 11.9 Å². The molecule has 8 heteroatoms. The topological polar surface area (TPSA) is 81.1 Å². The van der Waals surface area contributed by atoms with Gasteiger partial charge < -0.3 is 15.4 Å². The maximum atomic E-state index is 13.4. The Morgan fingerprint density at radius 2 is 2.19 bits per heavy atom. The highest BCUT2D eigenvalue weighted by molar-refractivity contribution is 5.90. The van der Waals surface area contributed by atoms with Gasteiger partial charge in [-0.05, 0) is 29.8 Å². The predicted octanol–water partition coefficient (Wildman–Crippen LogP) is 2.74. The number of benzene rings is 2. The van der Waals surface area contributed by atoms with Gasteiger partial charge in [-0.15, -0.1) is 6.42 Å². The smallest absolute Gasteiger partial charge is 0.319 e. The molecule has 1 aromatic heterocycles. The van der Waals surface area contributed by atoms with E-state index in [0.717, 1.165) is 17.3 Å². The van der Waals surface area contributed by atoms with Gasteiger partial charge in [0.05, 0.1) is 11.4 Å². The number of nitrogens with one attached hydrogen (secondary N) is 2. The fourth-order valence-electron chi connectivity index (χ4n) is 2.34. The van der Waals surface area contributed by atoms with Crippen LogP contribution >= 0.6 is 0 Å². The van der Waals surface area contributed by atoms with E-state index in [0.29, 0.717) is 5.69 Å². The van der Waals surface area contributed by atoms with Crippen molar-refractivity contribution < 1.29 is 13.9 Å². The molecule has 0 aliphatic rings. The number of ether oxygens (including phenoxy) is 1. The molecule has 0 saturated heterocycles. The van der Waals surface area contributed by atoms with Gasteiger partial charge in [-0.3, -0.25) is 0 Å². The van der Waals surface area contributed by atoms with Gasteiger partial charge in [-0.25, -0.2) is 18.9 Å². The number of hydrogen-bond donors (Lipinski definition) is 2. The lowest BCUT2D eigenvalue weighted by Gasteiger charge is -2.12. The number of aromatic nitrogens is 3. The Morgan fingerprint density at radius 1 is 1.30 bits per heavy atom. The summed E-state index contributed by atoms with van der Waals surface area (Å²) in [6.45, 7) is 0.255. The summed E-state index contributed by atoms with van der Waals surface area (Å²) >= 11 is 0. The van der Waals surface area contributed by atoms with Crippen LogP contribution in [-0.2, 0) is 6.54 Å². The van der Waals surface area contributed by atoms with Crippen LogP contribution in [0.4, 0.5) is 14.9 Å². The lowest BCUT2D eigenvalue weighted by atomic mass is 10.2. The number of carbonyl (C=O) groups excluding carboxylic acids is 1. The average Bonchev–Trinajstić information content (AvgIpc) is 3.22. The molecule has 0 spiro atoms. The molecule has 0 fully saturated rings. The van der Waals surface area contributed by atoms with Crippen LogP contribution < -0.4 is 15.4 Å². The zero-order chi connectivity index (χ0) is 19.1. The summed E-state index contributed by atoms with van der Waals surface area (Å²) in [6, 6.07) is 10.8. The lowest BCUT2D eigenvalue weighted by Crippen LogP contribution is -2.28. The summed E-state index contributed by atoms with van der Waals surface area (Å²) in [5.41, 5.74) is 2.03. The minimum Gasteiger partial charge on any atom is -0.479 e. The molecule has 136 valence electrons. The van der Waals surface area contributed by atoms with E-state index in [1.165, 1.54) is 18.5 Å². The van der Waals surface area contributed by atoms with Gasteiger partial charge in [0.15, 0.2) is 0 Å². The van der Waals surface area contributed by atoms with Crippen molar-refractivity contribution in [1.29, 1.82) is 0 Å². The number of urea groups is 1. The van der Waals surface area contributed by atoms with Gasteiger partial charge in [-0.1, -0.05) is 18.1 Å². The zero-order valence-electron chi connectivity index (χ0n) is 14.2. The molecule has 1 heterocycles. The SMILES string of the molecule is C#CCOc1cc(F)ccc1NC(=O)NCc1cccc(-n2cncn2)c1. The van der Waals surface area contributed by atoms with Crippen LogP contribution in [0.2, 0.25) is 0 Å². The van der Waals surface area contributed by atoms with Crippen LogP contribution in [0.1, 0.15) is 5.56 Å². The molecule has 0 radical (unpaired) electrons. The second kappa shape index (κ2) is 8.49. The number of anilines is 1. The van der Waals surface area contributed by atoms with E-state index in [9.17, 15) is 9.18 Å². The first-order valence-electron chi connectivity index (χ1n) is 8.00. The molecule has 3 rings (SSSR count). The van der Waals surface area contributed by atoms with Crippen molar-refractivity contribution in [3.8, 4) is 23.8 Å². The number of carbonyl (C=O) groups is 1. The molecule has 2 N–H and O–H groups in total. The molecular weight excluding hydrogens is 349 g/mol. The third-order valence-electron chi connectivity index (χ3n) is 3.55. The first-order valence-corrected chi connectivity index (χ1v) is 8.00. The van der Waals surface area contributed by atoms with E-state index >= 15 is 0 Å². The standard InChI is InChI=1S/C19H16FN5O2/c1-2-8-27-18-10-15(20)6-7-17(18)24-19(26)22-11-14-4-3-5-16(9-14)25-13-21-12-23-25/h1,3-7,9-10,12-13H,8,11H2,(H2,22,24,26). The minimum atomic E-state index is -0.488. The normalized spacial score (nSPS) is 10.1. The third kappa shape index (κ3) is 4.83. The molecule has 0 saturated carbocycles. The van der Waals surface area contributed by atoms with Crippen LogP contribution in [-0.4, -0.2) is 27.4 Å². The minimum absolute atomic E-state index is 0.0329. The number of nitrogens with zero attached hydrogens (tertiary/aromatic N) is 3. The molecule has 0 aliphatic heterocycles.